The van der Waals surface area contributed by atoms with Crippen LogP contribution in [0.5, 0.6) is 0 Å². The van der Waals surface area contributed by atoms with Gasteiger partial charge in [0.15, 0.2) is 0 Å². The summed E-state index contributed by atoms with van der Waals surface area (Å²) >= 11 is 6.18. The second kappa shape index (κ2) is 7.61. The molecule has 1 aromatic heterocycles. The van der Waals surface area contributed by atoms with E-state index in [1.165, 1.54) is 5.56 Å². The lowest BCUT2D eigenvalue weighted by molar-refractivity contribution is -0.133. The Hall–Kier alpha value is -1.81. The maximum atomic E-state index is 12.7. The predicted octanol–water partition coefficient (Wildman–Crippen LogP) is 4.34. The molecule has 1 aromatic carbocycles. The van der Waals surface area contributed by atoms with Crippen LogP contribution in [0.15, 0.2) is 30.3 Å². The number of hydrogen-bond donors (Lipinski definition) is 0. The monoisotopic (exact) mass is 359 g/mol. The van der Waals surface area contributed by atoms with Crippen molar-refractivity contribution in [3.63, 3.8) is 0 Å². The van der Waals surface area contributed by atoms with E-state index in [0.29, 0.717) is 17.0 Å². The van der Waals surface area contributed by atoms with Crippen molar-refractivity contribution in [2.24, 2.45) is 0 Å². The first-order valence-electron chi connectivity index (χ1n) is 8.97. The SMILES string of the molecule is Cc1nn(CC(=O)N(C)C2CCC(c3ccccc3)CC2)c(C)c1Cl. The highest BCUT2D eigenvalue weighted by Gasteiger charge is 2.27. The molecule has 1 heterocycles. The number of hydrogen-bond acceptors (Lipinski definition) is 2. The molecule has 4 nitrogen and oxygen atoms in total. The molecule has 134 valence electrons. The summed E-state index contributed by atoms with van der Waals surface area (Å²) in [7, 11) is 1.92. The summed E-state index contributed by atoms with van der Waals surface area (Å²) in [4.78, 5) is 14.6. The van der Waals surface area contributed by atoms with Crippen LogP contribution in [0.1, 0.15) is 48.6 Å². The average molecular weight is 360 g/mol. The molecule has 0 spiro atoms. The maximum absolute atomic E-state index is 12.7. The highest BCUT2D eigenvalue weighted by Crippen LogP contribution is 2.34. The average Bonchev–Trinajstić information content (AvgIpc) is 2.88. The molecule has 0 N–H and O–H groups in total. The summed E-state index contributed by atoms with van der Waals surface area (Å²) in [6.07, 6.45) is 4.38. The molecule has 0 bridgehead atoms. The smallest absolute Gasteiger partial charge is 0.244 e. The number of amides is 1. The van der Waals surface area contributed by atoms with Crippen LogP contribution in [-0.2, 0) is 11.3 Å². The summed E-state index contributed by atoms with van der Waals surface area (Å²) in [6.45, 7) is 4.03. The Morgan fingerprint density at radius 1 is 1.20 bits per heavy atom. The summed E-state index contributed by atoms with van der Waals surface area (Å²) in [5, 5.41) is 5.02. The molecule has 0 saturated heterocycles. The van der Waals surface area contributed by atoms with Gasteiger partial charge in [-0.1, -0.05) is 41.9 Å². The Morgan fingerprint density at radius 2 is 1.84 bits per heavy atom. The molecule has 25 heavy (non-hydrogen) atoms. The largest absolute Gasteiger partial charge is 0.341 e. The van der Waals surface area contributed by atoms with Gasteiger partial charge < -0.3 is 4.90 Å². The van der Waals surface area contributed by atoms with Crippen LogP contribution in [0.25, 0.3) is 0 Å². The number of nitrogens with zero attached hydrogens (tertiary/aromatic N) is 3. The molecule has 0 unspecified atom stereocenters. The lowest BCUT2D eigenvalue weighted by Gasteiger charge is -2.35. The first kappa shape index (κ1) is 18.0. The van der Waals surface area contributed by atoms with Gasteiger partial charge in [0.2, 0.25) is 5.91 Å². The van der Waals surface area contributed by atoms with Gasteiger partial charge in [-0.15, -0.1) is 0 Å². The molecule has 0 radical (unpaired) electrons. The minimum Gasteiger partial charge on any atom is -0.341 e. The maximum Gasteiger partial charge on any atom is 0.244 e. The van der Waals surface area contributed by atoms with Gasteiger partial charge in [0.1, 0.15) is 6.54 Å². The van der Waals surface area contributed by atoms with Gasteiger partial charge in [-0.2, -0.15) is 5.10 Å². The fourth-order valence-corrected chi connectivity index (χ4v) is 3.93. The quantitative estimate of drug-likeness (QED) is 0.814. The molecule has 1 saturated carbocycles. The minimum absolute atomic E-state index is 0.102. The molecular formula is C20H26ClN3O. The molecule has 5 heteroatoms. The van der Waals surface area contributed by atoms with E-state index < -0.39 is 0 Å². The molecule has 2 aromatic rings. The number of rotatable bonds is 4. The van der Waals surface area contributed by atoms with Crippen molar-refractivity contribution in [1.82, 2.24) is 14.7 Å². The van der Waals surface area contributed by atoms with Gasteiger partial charge in [0.05, 0.1) is 16.4 Å². The van der Waals surface area contributed by atoms with E-state index in [-0.39, 0.29) is 12.5 Å². The molecule has 1 amide bonds. The van der Waals surface area contributed by atoms with E-state index in [2.05, 4.69) is 35.4 Å². The van der Waals surface area contributed by atoms with Crippen LogP contribution in [0, 0.1) is 13.8 Å². The van der Waals surface area contributed by atoms with E-state index in [1.54, 1.807) is 4.68 Å². The third kappa shape index (κ3) is 3.90. The summed E-state index contributed by atoms with van der Waals surface area (Å²) in [5.74, 6) is 0.723. The van der Waals surface area contributed by atoms with Crippen molar-refractivity contribution in [3.05, 3.63) is 52.3 Å². The Morgan fingerprint density at radius 3 is 2.40 bits per heavy atom. The third-order valence-electron chi connectivity index (χ3n) is 5.49. The Bertz CT molecular complexity index is 733. The van der Waals surface area contributed by atoms with Crippen LogP contribution in [-0.4, -0.2) is 33.7 Å². The lowest BCUT2D eigenvalue weighted by atomic mass is 9.81. The minimum atomic E-state index is 0.102. The van der Waals surface area contributed by atoms with E-state index in [4.69, 9.17) is 11.6 Å². The number of carbonyl (C=O) groups excluding carboxylic acids is 1. The van der Waals surface area contributed by atoms with Gasteiger partial charge in [0, 0.05) is 13.1 Å². The van der Waals surface area contributed by atoms with Crippen LogP contribution in [0.3, 0.4) is 0 Å². The number of aromatic nitrogens is 2. The highest BCUT2D eigenvalue weighted by atomic mass is 35.5. The predicted molar refractivity (Wildman–Crippen MR) is 101 cm³/mol. The van der Waals surface area contributed by atoms with Crippen LogP contribution in [0.4, 0.5) is 0 Å². The second-order valence-corrected chi connectivity index (χ2v) is 7.44. The zero-order chi connectivity index (χ0) is 18.0. The van der Waals surface area contributed by atoms with Crippen LogP contribution in [0.2, 0.25) is 5.02 Å². The molecule has 0 aliphatic heterocycles. The van der Waals surface area contributed by atoms with Gasteiger partial charge >= 0.3 is 0 Å². The number of benzene rings is 1. The molecule has 1 aliphatic carbocycles. The van der Waals surface area contributed by atoms with Gasteiger partial charge in [-0.05, 0) is 51.0 Å². The fraction of sp³-hybridized carbons (Fsp3) is 0.500. The Balaban J connectivity index is 1.57. The molecular weight excluding hydrogens is 334 g/mol. The van der Waals surface area contributed by atoms with Crippen molar-refractivity contribution in [2.45, 2.75) is 58.0 Å². The molecule has 1 aliphatic rings. The first-order valence-corrected chi connectivity index (χ1v) is 9.35. The van der Waals surface area contributed by atoms with Crippen molar-refractivity contribution in [2.75, 3.05) is 7.05 Å². The van der Waals surface area contributed by atoms with Gasteiger partial charge in [-0.25, -0.2) is 0 Å². The topological polar surface area (TPSA) is 38.1 Å². The zero-order valence-electron chi connectivity index (χ0n) is 15.2. The summed E-state index contributed by atoms with van der Waals surface area (Å²) < 4.78 is 1.71. The first-order chi connectivity index (χ1) is 12.0. The summed E-state index contributed by atoms with van der Waals surface area (Å²) in [5.41, 5.74) is 3.05. The van der Waals surface area contributed by atoms with Crippen LogP contribution < -0.4 is 0 Å². The lowest BCUT2D eigenvalue weighted by Crippen LogP contribution is -2.41. The summed E-state index contributed by atoms with van der Waals surface area (Å²) in [6, 6.07) is 11.0. The Kier molecular flexibility index (Phi) is 5.48. The molecule has 3 rings (SSSR count). The number of carbonyl (C=O) groups is 1. The van der Waals surface area contributed by atoms with Crippen LogP contribution >= 0.6 is 11.6 Å². The van der Waals surface area contributed by atoms with Gasteiger partial charge in [0.25, 0.3) is 0 Å². The van der Waals surface area contributed by atoms with Crippen molar-refractivity contribution >= 4 is 17.5 Å². The van der Waals surface area contributed by atoms with Crippen molar-refractivity contribution < 1.29 is 4.79 Å². The highest BCUT2D eigenvalue weighted by molar-refractivity contribution is 6.31. The van der Waals surface area contributed by atoms with E-state index in [9.17, 15) is 4.79 Å². The number of halogens is 1. The molecule has 1 fully saturated rings. The fourth-order valence-electron chi connectivity index (χ4n) is 3.79. The third-order valence-corrected chi connectivity index (χ3v) is 6.03. The van der Waals surface area contributed by atoms with E-state index >= 15 is 0 Å². The van der Waals surface area contributed by atoms with Gasteiger partial charge in [-0.3, -0.25) is 9.48 Å². The van der Waals surface area contributed by atoms with Crippen molar-refractivity contribution in [3.8, 4) is 0 Å². The van der Waals surface area contributed by atoms with E-state index in [1.807, 2.05) is 25.8 Å². The van der Waals surface area contributed by atoms with Crippen molar-refractivity contribution in [1.29, 1.82) is 0 Å². The number of aryl methyl sites for hydroxylation is 1. The second-order valence-electron chi connectivity index (χ2n) is 7.06. The normalized spacial score (nSPS) is 20.5. The molecule has 0 atom stereocenters. The van der Waals surface area contributed by atoms with E-state index in [0.717, 1.165) is 37.1 Å². The standard InChI is InChI=1S/C20H26ClN3O/c1-14-20(21)15(2)24(22-14)13-19(25)23(3)18-11-9-17(10-12-18)16-7-5-4-6-8-16/h4-8,17-18H,9-13H2,1-3H3. The zero-order valence-corrected chi connectivity index (χ0v) is 16.0. The Labute approximate surface area is 154 Å². The number of likely N-dealkylation sites (N-methyl/N-ethyl adjacent to an activating group) is 1.